The van der Waals surface area contributed by atoms with Gasteiger partial charge in [0.1, 0.15) is 0 Å². The Morgan fingerprint density at radius 3 is 2.17 bits per heavy atom. The Bertz CT molecular complexity index is 698. The van der Waals surface area contributed by atoms with E-state index in [0.29, 0.717) is 13.1 Å². The van der Waals surface area contributed by atoms with Gasteiger partial charge in [0.25, 0.3) is 0 Å². The molecule has 2 heterocycles. The summed E-state index contributed by atoms with van der Waals surface area (Å²) in [7, 11) is 0. The second kappa shape index (κ2) is 10.3. The number of nitrogens with one attached hydrogen (secondary N) is 1. The van der Waals surface area contributed by atoms with Crippen LogP contribution in [-0.4, -0.2) is 98.0 Å². The molecule has 3 rings (SSSR count). The molecule has 2 aliphatic heterocycles. The lowest BCUT2D eigenvalue weighted by Gasteiger charge is -2.38. The molecule has 1 aromatic rings. The van der Waals surface area contributed by atoms with Crippen LogP contribution in [0.25, 0.3) is 0 Å². The molecule has 2 fully saturated rings. The zero-order valence-electron chi connectivity index (χ0n) is 17.4. The molecule has 7 nitrogen and oxygen atoms in total. The molecule has 2 saturated heterocycles. The molecule has 0 aromatic heterocycles. The zero-order chi connectivity index (χ0) is 20.8. The van der Waals surface area contributed by atoms with Crippen LogP contribution in [0.2, 0.25) is 5.02 Å². The van der Waals surface area contributed by atoms with E-state index < -0.39 is 0 Å². The first-order valence-corrected chi connectivity index (χ1v) is 10.8. The molecule has 1 aromatic carbocycles. The van der Waals surface area contributed by atoms with Crippen molar-refractivity contribution in [3.63, 3.8) is 0 Å². The van der Waals surface area contributed by atoms with E-state index in [1.807, 2.05) is 36.9 Å². The lowest BCUT2D eigenvalue weighted by atomic mass is 10.2. The van der Waals surface area contributed by atoms with Crippen molar-refractivity contribution in [3.05, 3.63) is 29.3 Å². The zero-order valence-corrected chi connectivity index (χ0v) is 18.2. The molecule has 0 unspecified atom stereocenters. The van der Waals surface area contributed by atoms with Gasteiger partial charge in [-0.1, -0.05) is 17.7 Å². The molecule has 2 aliphatic rings. The maximum atomic E-state index is 12.7. The van der Waals surface area contributed by atoms with E-state index in [9.17, 15) is 9.59 Å². The van der Waals surface area contributed by atoms with Crippen molar-refractivity contribution in [1.82, 2.24) is 20.0 Å². The highest BCUT2D eigenvalue weighted by Crippen LogP contribution is 2.20. The summed E-state index contributed by atoms with van der Waals surface area (Å²) in [4.78, 5) is 33.2. The number of benzene rings is 1. The van der Waals surface area contributed by atoms with Gasteiger partial charge in [-0.05, 0) is 32.0 Å². The summed E-state index contributed by atoms with van der Waals surface area (Å²) in [6.07, 6.45) is 0. The Labute approximate surface area is 178 Å². The fourth-order valence-electron chi connectivity index (χ4n) is 3.85. The molecule has 0 atom stereocenters. The maximum absolute atomic E-state index is 12.7. The summed E-state index contributed by atoms with van der Waals surface area (Å²) in [5.41, 5.74) is 1.11. The van der Waals surface area contributed by atoms with E-state index in [1.54, 1.807) is 0 Å². The van der Waals surface area contributed by atoms with Crippen LogP contribution in [0.15, 0.2) is 24.3 Å². The maximum Gasteiger partial charge on any atom is 0.236 e. The van der Waals surface area contributed by atoms with E-state index in [-0.39, 0.29) is 17.9 Å². The van der Waals surface area contributed by atoms with Gasteiger partial charge in [-0.25, -0.2) is 0 Å². The highest BCUT2D eigenvalue weighted by molar-refractivity contribution is 6.30. The van der Waals surface area contributed by atoms with Crippen LogP contribution in [-0.2, 0) is 9.59 Å². The van der Waals surface area contributed by atoms with E-state index >= 15 is 0 Å². The molecule has 0 spiro atoms. The summed E-state index contributed by atoms with van der Waals surface area (Å²) >= 11 is 6.09. The molecule has 0 aliphatic carbocycles. The number of carbonyl (C=O) groups excluding carboxylic acids is 2. The van der Waals surface area contributed by atoms with Crippen molar-refractivity contribution in [2.24, 2.45) is 0 Å². The number of anilines is 1. The first kappa shape index (κ1) is 21.9. The van der Waals surface area contributed by atoms with Crippen LogP contribution in [0.1, 0.15) is 13.8 Å². The Kier molecular flexibility index (Phi) is 7.75. The topological polar surface area (TPSA) is 59.1 Å². The van der Waals surface area contributed by atoms with Crippen molar-refractivity contribution >= 4 is 29.1 Å². The van der Waals surface area contributed by atoms with Crippen molar-refractivity contribution < 1.29 is 9.59 Å². The molecular formula is C21H32ClN5O2. The summed E-state index contributed by atoms with van der Waals surface area (Å²) in [6.45, 7) is 11.2. The largest absolute Gasteiger partial charge is 0.368 e. The molecule has 29 heavy (non-hydrogen) atoms. The lowest BCUT2D eigenvalue weighted by Crippen LogP contribution is -2.54. The van der Waals surface area contributed by atoms with Gasteiger partial charge in [0.05, 0.1) is 13.1 Å². The minimum Gasteiger partial charge on any atom is -0.368 e. The van der Waals surface area contributed by atoms with E-state index in [2.05, 4.69) is 26.1 Å². The predicted octanol–water partition coefficient (Wildman–Crippen LogP) is 1.13. The quantitative estimate of drug-likeness (QED) is 0.746. The van der Waals surface area contributed by atoms with Crippen LogP contribution < -0.4 is 10.2 Å². The van der Waals surface area contributed by atoms with Gasteiger partial charge in [0.2, 0.25) is 11.8 Å². The smallest absolute Gasteiger partial charge is 0.236 e. The SMILES string of the molecule is CC(C)NC(=O)CN1CCN(CC(=O)N2CCN(c3cccc(Cl)c3)CC2)CC1. The van der Waals surface area contributed by atoms with E-state index in [4.69, 9.17) is 11.6 Å². The molecule has 0 radical (unpaired) electrons. The Morgan fingerprint density at radius 1 is 0.966 bits per heavy atom. The number of hydrogen-bond acceptors (Lipinski definition) is 5. The molecular weight excluding hydrogens is 390 g/mol. The Morgan fingerprint density at radius 2 is 1.59 bits per heavy atom. The van der Waals surface area contributed by atoms with E-state index in [1.165, 1.54) is 0 Å². The van der Waals surface area contributed by atoms with Crippen LogP contribution >= 0.6 is 11.6 Å². The molecule has 8 heteroatoms. The number of amides is 2. The number of halogens is 1. The lowest BCUT2D eigenvalue weighted by molar-refractivity contribution is -0.133. The second-order valence-electron chi connectivity index (χ2n) is 8.12. The first-order valence-electron chi connectivity index (χ1n) is 10.4. The third kappa shape index (κ3) is 6.59. The van der Waals surface area contributed by atoms with Gasteiger partial charge in [-0.2, -0.15) is 0 Å². The average Bonchev–Trinajstić information content (AvgIpc) is 2.69. The van der Waals surface area contributed by atoms with Crippen LogP contribution in [0.4, 0.5) is 5.69 Å². The number of nitrogens with zero attached hydrogens (tertiary/aromatic N) is 4. The Balaban J connectivity index is 1.38. The van der Waals surface area contributed by atoms with Gasteiger partial charge in [0, 0.05) is 69.1 Å². The summed E-state index contributed by atoms with van der Waals surface area (Å²) in [5, 5.41) is 3.67. The first-order chi connectivity index (χ1) is 13.9. The summed E-state index contributed by atoms with van der Waals surface area (Å²) in [5.74, 6) is 0.267. The van der Waals surface area contributed by atoms with Crippen LogP contribution in [0.3, 0.4) is 0 Å². The fourth-order valence-corrected chi connectivity index (χ4v) is 4.04. The van der Waals surface area contributed by atoms with Crippen molar-refractivity contribution in [2.45, 2.75) is 19.9 Å². The number of piperazine rings is 2. The monoisotopic (exact) mass is 421 g/mol. The fraction of sp³-hybridized carbons (Fsp3) is 0.619. The Hall–Kier alpha value is -1.83. The van der Waals surface area contributed by atoms with E-state index in [0.717, 1.165) is 63.1 Å². The third-order valence-corrected chi connectivity index (χ3v) is 5.68. The summed E-state index contributed by atoms with van der Waals surface area (Å²) in [6, 6.07) is 8.04. The van der Waals surface area contributed by atoms with Crippen LogP contribution in [0, 0.1) is 0 Å². The van der Waals surface area contributed by atoms with Crippen molar-refractivity contribution in [2.75, 3.05) is 70.3 Å². The molecule has 0 saturated carbocycles. The molecule has 0 bridgehead atoms. The minimum absolute atomic E-state index is 0.0714. The number of carbonyl (C=O) groups is 2. The minimum atomic E-state index is 0.0714. The predicted molar refractivity (Wildman–Crippen MR) is 116 cm³/mol. The average molecular weight is 422 g/mol. The highest BCUT2D eigenvalue weighted by atomic mass is 35.5. The van der Waals surface area contributed by atoms with Gasteiger partial charge >= 0.3 is 0 Å². The van der Waals surface area contributed by atoms with Crippen molar-refractivity contribution in [3.8, 4) is 0 Å². The molecule has 2 amide bonds. The van der Waals surface area contributed by atoms with Gasteiger partial charge < -0.3 is 15.1 Å². The molecule has 1 N–H and O–H groups in total. The third-order valence-electron chi connectivity index (χ3n) is 5.45. The van der Waals surface area contributed by atoms with Gasteiger partial charge in [-0.15, -0.1) is 0 Å². The molecule has 160 valence electrons. The number of rotatable bonds is 6. The van der Waals surface area contributed by atoms with Gasteiger partial charge in [0.15, 0.2) is 0 Å². The summed E-state index contributed by atoms with van der Waals surface area (Å²) < 4.78 is 0. The van der Waals surface area contributed by atoms with Gasteiger partial charge in [-0.3, -0.25) is 19.4 Å². The second-order valence-corrected chi connectivity index (χ2v) is 8.56. The number of hydrogen-bond donors (Lipinski definition) is 1. The van der Waals surface area contributed by atoms with Crippen molar-refractivity contribution in [1.29, 1.82) is 0 Å². The standard InChI is InChI=1S/C21H32ClN5O2/c1-17(2)23-20(28)15-24-6-8-25(9-7-24)16-21(29)27-12-10-26(11-13-27)19-5-3-4-18(22)14-19/h3-5,14,17H,6-13,15-16H2,1-2H3,(H,23,28). The highest BCUT2D eigenvalue weighted by Gasteiger charge is 2.25. The normalized spacial score (nSPS) is 18.9. The van der Waals surface area contributed by atoms with Crippen LogP contribution in [0.5, 0.6) is 0 Å².